The Bertz CT molecular complexity index is 312. The lowest BCUT2D eigenvalue weighted by atomic mass is 10.1. The van der Waals surface area contributed by atoms with Crippen LogP contribution in [-0.4, -0.2) is 6.04 Å². The van der Waals surface area contributed by atoms with Crippen LogP contribution in [0.3, 0.4) is 0 Å². The van der Waals surface area contributed by atoms with Crippen molar-refractivity contribution < 1.29 is 0 Å². The SMILES string of the molecule is CCCCC=CC1=CCC(C=CCCCCCCC)N1. The molecule has 0 spiro atoms. The second-order valence-electron chi connectivity index (χ2n) is 5.82. The van der Waals surface area contributed by atoms with Gasteiger partial charge in [0.25, 0.3) is 0 Å². The molecule has 0 aromatic carbocycles. The molecule has 1 atom stereocenters. The number of nitrogens with one attached hydrogen (secondary N) is 1. The fourth-order valence-electron chi connectivity index (χ4n) is 2.49. The fourth-order valence-corrected chi connectivity index (χ4v) is 2.49. The maximum atomic E-state index is 3.57. The lowest BCUT2D eigenvalue weighted by Gasteiger charge is -2.07. The Balaban J connectivity index is 2.05. The minimum atomic E-state index is 0.525. The minimum Gasteiger partial charge on any atom is -0.379 e. The van der Waals surface area contributed by atoms with E-state index in [1.54, 1.807) is 0 Å². The molecule has 1 unspecified atom stereocenters. The first kappa shape index (κ1) is 17.1. The second-order valence-corrected chi connectivity index (χ2v) is 5.82. The van der Waals surface area contributed by atoms with Gasteiger partial charge in [0, 0.05) is 11.7 Å². The molecular weight excluding hydrogens is 242 g/mol. The van der Waals surface area contributed by atoms with Gasteiger partial charge < -0.3 is 5.32 Å². The normalized spacial score (nSPS) is 18.9. The molecule has 0 aromatic heterocycles. The Morgan fingerprint density at radius 2 is 1.75 bits per heavy atom. The van der Waals surface area contributed by atoms with E-state index in [2.05, 4.69) is 49.5 Å². The standard InChI is InChI=1S/C19H33N/c1-3-5-7-9-10-11-13-15-19-17-16-18(20-19)14-12-8-6-4-2/h12-16,19-20H,3-11,17H2,1-2H3. The van der Waals surface area contributed by atoms with Crippen molar-refractivity contribution in [3.63, 3.8) is 0 Å². The summed E-state index contributed by atoms with van der Waals surface area (Å²) >= 11 is 0. The molecule has 1 rings (SSSR count). The third kappa shape index (κ3) is 8.24. The van der Waals surface area contributed by atoms with E-state index in [0.29, 0.717) is 6.04 Å². The number of hydrogen-bond acceptors (Lipinski definition) is 1. The van der Waals surface area contributed by atoms with E-state index in [-0.39, 0.29) is 0 Å². The van der Waals surface area contributed by atoms with E-state index < -0.39 is 0 Å². The van der Waals surface area contributed by atoms with Crippen molar-refractivity contribution >= 4 is 0 Å². The molecule has 1 aliphatic heterocycles. The predicted octanol–water partition coefficient (Wildman–Crippen LogP) is 5.90. The molecule has 0 saturated carbocycles. The van der Waals surface area contributed by atoms with Gasteiger partial charge in [0.2, 0.25) is 0 Å². The summed E-state index contributed by atoms with van der Waals surface area (Å²) in [6.07, 6.45) is 24.6. The van der Waals surface area contributed by atoms with Gasteiger partial charge in [-0.05, 0) is 31.8 Å². The molecule has 20 heavy (non-hydrogen) atoms. The summed E-state index contributed by atoms with van der Waals surface area (Å²) < 4.78 is 0. The van der Waals surface area contributed by atoms with Gasteiger partial charge in [0.1, 0.15) is 0 Å². The summed E-state index contributed by atoms with van der Waals surface area (Å²) in [5.41, 5.74) is 1.30. The van der Waals surface area contributed by atoms with Gasteiger partial charge in [-0.1, -0.05) is 76.7 Å². The van der Waals surface area contributed by atoms with Crippen LogP contribution in [0.15, 0.2) is 36.1 Å². The largest absolute Gasteiger partial charge is 0.379 e. The lowest BCUT2D eigenvalue weighted by molar-refractivity contribution is 0.635. The predicted molar refractivity (Wildman–Crippen MR) is 90.8 cm³/mol. The Morgan fingerprint density at radius 1 is 1.00 bits per heavy atom. The average molecular weight is 275 g/mol. The maximum Gasteiger partial charge on any atom is 0.0479 e. The van der Waals surface area contributed by atoms with E-state index in [0.717, 1.165) is 6.42 Å². The van der Waals surface area contributed by atoms with Crippen LogP contribution in [0.4, 0.5) is 0 Å². The van der Waals surface area contributed by atoms with Gasteiger partial charge in [0.15, 0.2) is 0 Å². The number of allylic oxidation sites excluding steroid dienone is 3. The molecule has 0 fully saturated rings. The Labute approximate surface area is 126 Å². The van der Waals surface area contributed by atoms with E-state index in [1.807, 2.05) is 0 Å². The molecule has 1 N–H and O–H groups in total. The molecule has 0 saturated heterocycles. The lowest BCUT2D eigenvalue weighted by Crippen LogP contribution is -2.19. The highest BCUT2D eigenvalue weighted by molar-refractivity contribution is 5.24. The second kappa shape index (κ2) is 11.8. The quantitative estimate of drug-likeness (QED) is 0.366. The van der Waals surface area contributed by atoms with Crippen molar-refractivity contribution in [1.29, 1.82) is 0 Å². The monoisotopic (exact) mass is 275 g/mol. The zero-order chi connectivity index (χ0) is 14.5. The molecule has 0 aromatic rings. The molecular formula is C19H33N. The number of unbranched alkanes of at least 4 members (excludes halogenated alkanes) is 7. The fraction of sp³-hybridized carbons (Fsp3) is 0.684. The van der Waals surface area contributed by atoms with Crippen LogP contribution in [0.5, 0.6) is 0 Å². The molecule has 0 amide bonds. The number of rotatable bonds is 11. The van der Waals surface area contributed by atoms with Crippen molar-refractivity contribution in [2.45, 2.75) is 84.1 Å². The van der Waals surface area contributed by atoms with Gasteiger partial charge in [-0.3, -0.25) is 0 Å². The van der Waals surface area contributed by atoms with E-state index in [9.17, 15) is 0 Å². The van der Waals surface area contributed by atoms with Gasteiger partial charge in [-0.15, -0.1) is 0 Å². The Kier molecular flexibility index (Phi) is 10.1. The summed E-state index contributed by atoms with van der Waals surface area (Å²) in [4.78, 5) is 0. The summed E-state index contributed by atoms with van der Waals surface area (Å²) in [6, 6.07) is 0.525. The first-order valence-corrected chi connectivity index (χ1v) is 8.66. The van der Waals surface area contributed by atoms with E-state index in [1.165, 1.54) is 63.5 Å². The molecule has 0 bridgehead atoms. The zero-order valence-corrected chi connectivity index (χ0v) is 13.5. The van der Waals surface area contributed by atoms with Crippen molar-refractivity contribution in [3.05, 3.63) is 36.1 Å². The van der Waals surface area contributed by atoms with E-state index in [4.69, 9.17) is 0 Å². The van der Waals surface area contributed by atoms with Crippen LogP contribution in [0.1, 0.15) is 78.1 Å². The van der Waals surface area contributed by atoms with Crippen molar-refractivity contribution in [3.8, 4) is 0 Å². The summed E-state index contributed by atoms with van der Waals surface area (Å²) in [5.74, 6) is 0. The van der Waals surface area contributed by atoms with Crippen LogP contribution in [0, 0.1) is 0 Å². The molecule has 1 heteroatoms. The average Bonchev–Trinajstić information content (AvgIpc) is 2.90. The topological polar surface area (TPSA) is 12.0 Å². The van der Waals surface area contributed by atoms with Crippen LogP contribution >= 0.6 is 0 Å². The smallest absolute Gasteiger partial charge is 0.0479 e. The highest BCUT2D eigenvalue weighted by Gasteiger charge is 2.09. The minimum absolute atomic E-state index is 0.525. The van der Waals surface area contributed by atoms with Gasteiger partial charge in [0.05, 0.1) is 0 Å². The summed E-state index contributed by atoms with van der Waals surface area (Å²) in [7, 11) is 0. The maximum absolute atomic E-state index is 3.57. The van der Waals surface area contributed by atoms with Crippen molar-refractivity contribution in [1.82, 2.24) is 5.32 Å². The van der Waals surface area contributed by atoms with Crippen LogP contribution in [-0.2, 0) is 0 Å². The molecule has 0 aliphatic carbocycles. The summed E-state index contributed by atoms with van der Waals surface area (Å²) in [6.45, 7) is 4.51. The Morgan fingerprint density at radius 3 is 2.55 bits per heavy atom. The van der Waals surface area contributed by atoms with Crippen LogP contribution < -0.4 is 5.32 Å². The third-order valence-electron chi connectivity index (χ3n) is 3.81. The first-order valence-electron chi connectivity index (χ1n) is 8.66. The first-order chi connectivity index (χ1) is 9.86. The van der Waals surface area contributed by atoms with Gasteiger partial charge in [-0.2, -0.15) is 0 Å². The summed E-state index contributed by atoms with van der Waals surface area (Å²) in [5, 5.41) is 3.57. The highest BCUT2D eigenvalue weighted by Crippen LogP contribution is 2.13. The molecule has 1 heterocycles. The molecule has 1 nitrogen and oxygen atoms in total. The van der Waals surface area contributed by atoms with Gasteiger partial charge in [-0.25, -0.2) is 0 Å². The molecule has 0 radical (unpaired) electrons. The van der Waals surface area contributed by atoms with Crippen LogP contribution in [0.25, 0.3) is 0 Å². The third-order valence-corrected chi connectivity index (χ3v) is 3.81. The highest BCUT2D eigenvalue weighted by atomic mass is 14.9. The zero-order valence-electron chi connectivity index (χ0n) is 13.5. The molecule has 1 aliphatic rings. The van der Waals surface area contributed by atoms with Crippen molar-refractivity contribution in [2.75, 3.05) is 0 Å². The Hall–Kier alpha value is -0.980. The molecule has 114 valence electrons. The van der Waals surface area contributed by atoms with Gasteiger partial charge >= 0.3 is 0 Å². The van der Waals surface area contributed by atoms with E-state index >= 15 is 0 Å². The van der Waals surface area contributed by atoms with Crippen LogP contribution in [0.2, 0.25) is 0 Å². The number of hydrogen-bond donors (Lipinski definition) is 1. The van der Waals surface area contributed by atoms with Crippen molar-refractivity contribution in [2.24, 2.45) is 0 Å².